The highest BCUT2D eigenvalue weighted by molar-refractivity contribution is 6.31. The van der Waals surface area contributed by atoms with Crippen molar-refractivity contribution in [2.75, 3.05) is 5.32 Å². The Kier molecular flexibility index (Phi) is 5.99. The Bertz CT molecular complexity index is 1220. The van der Waals surface area contributed by atoms with E-state index in [-0.39, 0.29) is 12.3 Å². The zero-order valence-electron chi connectivity index (χ0n) is 16.5. The fourth-order valence-corrected chi connectivity index (χ4v) is 3.15. The molecule has 2 aromatic heterocycles. The largest absolute Gasteiger partial charge is 0.489 e. The van der Waals surface area contributed by atoms with Crippen LogP contribution in [0, 0.1) is 12.7 Å². The molecular formula is C22H18ClFN4O3. The number of nitrogens with one attached hydrogen (secondary N) is 1. The molecule has 158 valence electrons. The van der Waals surface area contributed by atoms with Crippen molar-refractivity contribution in [1.82, 2.24) is 14.9 Å². The van der Waals surface area contributed by atoms with Gasteiger partial charge in [0.15, 0.2) is 5.69 Å². The maximum Gasteiger partial charge on any atom is 0.278 e. The molecule has 0 bridgehead atoms. The average Bonchev–Trinajstić information content (AvgIpc) is 3.34. The van der Waals surface area contributed by atoms with Gasteiger partial charge < -0.3 is 14.6 Å². The van der Waals surface area contributed by atoms with Gasteiger partial charge in [-0.15, -0.1) is 0 Å². The molecule has 0 fully saturated rings. The highest BCUT2D eigenvalue weighted by Gasteiger charge is 2.21. The molecular weight excluding hydrogens is 423 g/mol. The van der Waals surface area contributed by atoms with Crippen molar-refractivity contribution in [2.24, 2.45) is 0 Å². The minimum atomic E-state index is -0.466. The number of benzene rings is 2. The summed E-state index contributed by atoms with van der Waals surface area (Å²) in [6.45, 7) is 2.15. The molecule has 0 saturated heterocycles. The number of anilines is 1. The number of carbonyl (C=O) groups excluding carboxylic acids is 1. The zero-order chi connectivity index (χ0) is 21.8. The van der Waals surface area contributed by atoms with Crippen LogP contribution in [0.1, 0.15) is 27.4 Å². The van der Waals surface area contributed by atoms with Gasteiger partial charge in [0.2, 0.25) is 0 Å². The summed E-state index contributed by atoms with van der Waals surface area (Å²) in [6.07, 6.45) is 3.22. The summed E-state index contributed by atoms with van der Waals surface area (Å²) in [5.74, 6) is -0.0953. The van der Waals surface area contributed by atoms with Crippen molar-refractivity contribution in [3.05, 3.63) is 94.3 Å². The fourth-order valence-electron chi connectivity index (χ4n) is 2.96. The molecule has 4 rings (SSSR count). The fraction of sp³-hybridized carbons (Fsp3) is 0.136. The number of amides is 1. The van der Waals surface area contributed by atoms with E-state index in [1.807, 2.05) is 24.3 Å². The number of halogens is 2. The number of rotatable bonds is 7. The van der Waals surface area contributed by atoms with E-state index in [0.29, 0.717) is 34.3 Å². The van der Waals surface area contributed by atoms with Crippen LogP contribution in [0.25, 0.3) is 0 Å². The summed E-state index contributed by atoms with van der Waals surface area (Å²) in [7, 11) is 0. The molecule has 7 nitrogen and oxygen atoms in total. The topological polar surface area (TPSA) is 82.2 Å². The normalized spacial score (nSPS) is 10.8. The number of ether oxygens (including phenoxy) is 1. The predicted octanol–water partition coefficient (Wildman–Crippen LogP) is 4.85. The highest BCUT2D eigenvalue weighted by Crippen LogP contribution is 2.20. The molecule has 9 heteroatoms. The quantitative estimate of drug-likeness (QED) is 0.444. The predicted molar refractivity (Wildman–Crippen MR) is 113 cm³/mol. The third-order valence-electron chi connectivity index (χ3n) is 4.56. The first-order valence-corrected chi connectivity index (χ1v) is 9.78. The molecule has 0 atom stereocenters. The number of hydrogen-bond acceptors (Lipinski definition) is 5. The highest BCUT2D eigenvalue weighted by atomic mass is 35.5. The van der Waals surface area contributed by atoms with Gasteiger partial charge in [-0.1, -0.05) is 41.0 Å². The second-order valence-electron chi connectivity index (χ2n) is 6.78. The molecule has 0 aliphatic rings. The number of hydrogen-bond donors (Lipinski definition) is 1. The van der Waals surface area contributed by atoms with E-state index in [0.717, 1.165) is 5.56 Å². The Morgan fingerprint density at radius 1 is 1.26 bits per heavy atom. The number of aromatic nitrogens is 3. The van der Waals surface area contributed by atoms with Gasteiger partial charge in [0.1, 0.15) is 23.9 Å². The minimum Gasteiger partial charge on any atom is -0.489 e. The van der Waals surface area contributed by atoms with Gasteiger partial charge in [0, 0.05) is 17.3 Å². The standard InChI is InChI=1S/C22H18ClFN4O3/c1-14-19(13-30-18-7-4-6-16(24)9-18)21(27-31-14)22(29)26-17-10-25-28(12-17)11-15-5-2-3-8-20(15)23/h2-10,12H,11,13H2,1H3,(H,26,29). The first-order valence-electron chi connectivity index (χ1n) is 9.40. The summed E-state index contributed by atoms with van der Waals surface area (Å²) in [5.41, 5.74) is 1.97. The van der Waals surface area contributed by atoms with E-state index >= 15 is 0 Å². The minimum absolute atomic E-state index is 0.00725. The van der Waals surface area contributed by atoms with Crippen LogP contribution in [0.15, 0.2) is 65.4 Å². The third kappa shape index (κ3) is 4.92. The Balaban J connectivity index is 1.43. The molecule has 0 saturated carbocycles. The Labute approximate surface area is 182 Å². The zero-order valence-corrected chi connectivity index (χ0v) is 17.3. The van der Waals surface area contributed by atoms with Crippen LogP contribution < -0.4 is 10.1 Å². The molecule has 0 radical (unpaired) electrons. The lowest BCUT2D eigenvalue weighted by atomic mass is 10.2. The van der Waals surface area contributed by atoms with E-state index < -0.39 is 11.7 Å². The molecule has 0 unspecified atom stereocenters. The molecule has 2 heterocycles. The van der Waals surface area contributed by atoms with Gasteiger partial charge in [0.05, 0.1) is 24.0 Å². The summed E-state index contributed by atoms with van der Waals surface area (Å²) in [5, 5.41) is 11.5. The third-order valence-corrected chi connectivity index (χ3v) is 4.93. The van der Waals surface area contributed by atoms with Crippen molar-refractivity contribution in [1.29, 1.82) is 0 Å². The van der Waals surface area contributed by atoms with Crippen molar-refractivity contribution in [3.63, 3.8) is 0 Å². The van der Waals surface area contributed by atoms with Gasteiger partial charge in [-0.05, 0) is 30.7 Å². The molecule has 0 aliphatic heterocycles. The SMILES string of the molecule is Cc1onc(C(=O)Nc2cnn(Cc3ccccc3Cl)c2)c1COc1cccc(F)c1. The maximum absolute atomic E-state index is 13.3. The van der Waals surface area contributed by atoms with Crippen LogP contribution >= 0.6 is 11.6 Å². The van der Waals surface area contributed by atoms with Gasteiger partial charge in [0.25, 0.3) is 5.91 Å². The first-order chi connectivity index (χ1) is 15.0. The number of nitrogens with zero attached hydrogens (tertiary/aromatic N) is 3. The smallest absolute Gasteiger partial charge is 0.278 e. The summed E-state index contributed by atoms with van der Waals surface area (Å²) in [4.78, 5) is 12.7. The molecule has 4 aromatic rings. The second kappa shape index (κ2) is 9.01. The van der Waals surface area contributed by atoms with Crippen LogP contribution in [0.3, 0.4) is 0 Å². The van der Waals surface area contributed by atoms with Crippen LogP contribution in [-0.4, -0.2) is 20.8 Å². The Morgan fingerprint density at radius 3 is 2.90 bits per heavy atom. The van der Waals surface area contributed by atoms with Gasteiger partial charge in [-0.25, -0.2) is 4.39 Å². The van der Waals surface area contributed by atoms with Crippen molar-refractivity contribution < 1.29 is 18.4 Å². The van der Waals surface area contributed by atoms with Crippen LogP contribution in [0.2, 0.25) is 5.02 Å². The number of carbonyl (C=O) groups is 1. The first kappa shape index (κ1) is 20.6. The van der Waals surface area contributed by atoms with Crippen molar-refractivity contribution in [3.8, 4) is 5.75 Å². The molecule has 0 spiro atoms. The van der Waals surface area contributed by atoms with Crippen molar-refractivity contribution >= 4 is 23.2 Å². The maximum atomic E-state index is 13.3. The van der Waals surface area contributed by atoms with E-state index in [9.17, 15) is 9.18 Å². The summed E-state index contributed by atoms with van der Waals surface area (Å²) >= 11 is 6.19. The Morgan fingerprint density at radius 2 is 2.10 bits per heavy atom. The molecule has 1 amide bonds. The second-order valence-corrected chi connectivity index (χ2v) is 7.19. The van der Waals surface area contributed by atoms with E-state index in [1.165, 1.54) is 18.3 Å². The Hall–Kier alpha value is -3.65. The van der Waals surface area contributed by atoms with E-state index in [2.05, 4.69) is 15.6 Å². The molecule has 31 heavy (non-hydrogen) atoms. The van der Waals surface area contributed by atoms with E-state index in [1.54, 1.807) is 29.9 Å². The monoisotopic (exact) mass is 440 g/mol. The number of aryl methyl sites for hydroxylation is 1. The average molecular weight is 441 g/mol. The van der Waals surface area contributed by atoms with Crippen LogP contribution in [0.5, 0.6) is 5.75 Å². The van der Waals surface area contributed by atoms with Gasteiger partial charge >= 0.3 is 0 Å². The van der Waals surface area contributed by atoms with Crippen molar-refractivity contribution in [2.45, 2.75) is 20.1 Å². The summed E-state index contributed by atoms with van der Waals surface area (Å²) < 4.78 is 25.7. The summed E-state index contributed by atoms with van der Waals surface area (Å²) in [6, 6.07) is 13.2. The lowest BCUT2D eigenvalue weighted by Gasteiger charge is -2.07. The lowest BCUT2D eigenvalue weighted by Crippen LogP contribution is -2.15. The van der Waals surface area contributed by atoms with Crippen LogP contribution in [-0.2, 0) is 13.2 Å². The van der Waals surface area contributed by atoms with Gasteiger partial charge in [-0.3, -0.25) is 9.48 Å². The van der Waals surface area contributed by atoms with E-state index in [4.69, 9.17) is 20.9 Å². The van der Waals surface area contributed by atoms with Gasteiger partial charge in [-0.2, -0.15) is 5.10 Å². The molecule has 2 aromatic carbocycles. The molecule has 0 aliphatic carbocycles. The molecule has 1 N–H and O–H groups in total. The van der Waals surface area contributed by atoms with Crippen LogP contribution in [0.4, 0.5) is 10.1 Å². The lowest BCUT2D eigenvalue weighted by molar-refractivity contribution is 0.101.